The van der Waals surface area contributed by atoms with Gasteiger partial charge >= 0.3 is 86.1 Å². The number of rotatable bonds is 1. The van der Waals surface area contributed by atoms with Gasteiger partial charge in [0.05, 0.1) is 0 Å². The number of hydrogen-bond acceptors (Lipinski definition) is 3. The Kier molecular flexibility index (Phi) is 2.13. The van der Waals surface area contributed by atoms with E-state index >= 15 is 0 Å². The molecule has 0 aliphatic heterocycles. The van der Waals surface area contributed by atoms with E-state index in [-0.39, 0.29) is 25.1 Å². The van der Waals surface area contributed by atoms with Gasteiger partial charge in [-0.05, 0) is 0 Å². The fraction of sp³-hybridized carbons (Fsp3) is 0.222. The van der Waals surface area contributed by atoms with Crippen molar-refractivity contribution < 1.29 is 4.92 Å². The molecular formula is C9H8N2O2Se. The van der Waals surface area contributed by atoms with E-state index < -0.39 is 0 Å². The maximum absolute atomic E-state index is 10.7. The van der Waals surface area contributed by atoms with E-state index in [9.17, 15) is 10.1 Å². The minimum atomic E-state index is -0.334. The molecule has 0 saturated heterocycles. The van der Waals surface area contributed by atoms with Gasteiger partial charge in [-0.3, -0.25) is 0 Å². The summed E-state index contributed by atoms with van der Waals surface area (Å²) >= 11 is 0.174. The van der Waals surface area contributed by atoms with Crippen molar-refractivity contribution in [3.63, 3.8) is 0 Å². The van der Waals surface area contributed by atoms with E-state index in [1.54, 1.807) is 19.1 Å². The minimum absolute atomic E-state index is 0.174. The first-order chi connectivity index (χ1) is 6.58. The van der Waals surface area contributed by atoms with E-state index in [2.05, 4.69) is 4.98 Å². The van der Waals surface area contributed by atoms with E-state index in [0.29, 0.717) is 5.56 Å². The first-order valence-corrected chi connectivity index (χ1v) is 5.81. The van der Waals surface area contributed by atoms with Crippen molar-refractivity contribution in [3.8, 4) is 0 Å². The van der Waals surface area contributed by atoms with Crippen LogP contribution < -0.4 is 0 Å². The van der Waals surface area contributed by atoms with E-state index in [1.165, 1.54) is 0 Å². The molecule has 4 nitrogen and oxygen atoms in total. The summed E-state index contributed by atoms with van der Waals surface area (Å²) in [6, 6.07) is 3.45. The Bertz CT molecular complexity index is 519. The van der Waals surface area contributed by atoms with Crippen molar-refractivity contribution >= 4 is 30.0 Å². The molecule has 1 aromatic heterocycles. The Balaban J connectivity index is 2.76. The molecule has 2 rings (SSSR count). The zero-order valence-electron chi connectivity index (χ0n) is 7.77. The molecule has 0 aliphatic rings. The zero-order chi connectivity index (χ0) is 10.3. The number of fused-ring (bicyclic) bond motifs is 1. The topological polar surface area (TPSA) is 56.0 Å². The van der Waals surface area contributed by atoms with Crippen LogP contribution in [0.15, 0.2) is 12.1 Å². The van der Waals surface area contributed by atoms with Crippen LogP contribution in [-0.2, 0) is 0 Å². The van der Waals surface area contributed by atoms with Crippen molar-refractivity contribution in [3.05, 3.63) is 32.4 Å². The molecule has 5 heteroatoms. The predicted molar refractivity (Wildman–Crippen MR) is 54.8 cm³/mol. The zero-order valence-corrected chi connectivity index (χ0v) is 9.49. The third-order valence-corrected chi connectivity index (χ3v) is 3.97. The normalized spacial score (nSPS) is 10.7. The quantitative estimate of drug-likeness (QED) is 0.443. The second-order valence-electron chi connectivity index (χ2n) is 3.10. The van der Waals surface area contributed by atoms with Gasteiger partial charge in [-0.15, -0.1) is 0 Å². The maximum atomic E-state index is 10.7. The van der Waals surface area contributed by atoms with Crippen molar-refractivity contribution in [1.29, 1.82) is 0 Å². The molecule has 0 atom stereocenters. The second-order valence-corrected chi connectivity index (χ2v) is 5.69. The van der Waals surface area contributed by atoms with Crippen molar-refractivity contribution in [1.82, 2.24) is 4.98 Å². The van der Waals surface area contributed by atoms with Gasteiger partial charge in [0.15, 0.2) is 0 Å². The summed E-state index contributed by atoms with van der Waals surface area (Å²) in [7, 11) is 0. The average molecular weight is 255 g/mol. The van der Waals surface area contributed by atoms with E-state index in [4.69, 9.17) is 0 Å². The van der Waals surface area contributed by atoms with Crippen LogP contribution in [0.4, 0.5) is 5.69 Å². The summed E-state index contributed by atoms with van der Waals surface area (Å²) in [6.45, 7) is 3.70. The molecule has 14 heavy (non-hydrogen) atoms. The molecule has 0 bridgehead atoms. The molecular weight excluding hydrogens is 247 g/mol. The predicted octanol–water partition coefficient (Wildman–Crippen LogP) is 1.82. The Morgan fingerprint density at radius 1 is 1.43 bits per heavy atom. The summed E-state index contributed by atoms with van der Waals surface area (Å²) in [6.07, 6.45) is 0. The number of nitrogens with zero attached hydrogens (tertiary/aromatic N) is 2. The third-order valence-electron chi connectivity index (χ3n) is 2.01. The fourth-order valence-corrected chi connectivity index (χ4v) is 3.15. The molecule has 0 N–H and O–H groups in total. The van der Waals surface area contributed by atoms with Crippen LogP contribution in [0.25, 0.3) is 9.78 Å². The molecule has 0 fully saturated rings. The second kappa shape index (κ2) is 3.19. The monoisotopic (exact) mass is 256 g/mol. The van der Waals surface area contributed by atoms with Crippen LogP contribution >= 0.6 is 0 Å². The van der Waals surface area contributed by atoms with Gasteiger partial charge in [-0.25, -0.2) is 0 Å². The Morgan fingerprint density at radius 2 is 2.14 bits per heavy atom. The number of nitro benzene ring substituents is 1. The number of benzene rings is 1. The van der Waals surface area contributed by atoms with Crippen LogP contribution in [0.2, 0.25) is 0 Å². The summed E-state index contributed by atoms with van der Waals surface area (Å²) in [5.74, 6) is 0. The van der Waals surface area contributed by atoms with Gasteiger partial charge in [0.25, 0.3) is 0 Å². The van der Waals surface area contributed by atoms with Gasteiger partial charge in [-0.2, -0.15) is 0 Å². The van der Waals surface area contributed by atoms with Gasteiger partial charge in [0, 0.05) is 0 Å². The van der Waals surface area contributed by atoms with Crippen LogP contribution in [-0.4, -0.2) is 24.4 Å². The molecule has 72 valence electrons. The number of hydrogen-bond donors (Lipinski definition) is 0. The number of aryl methyl sites for hydroxylation is 2. The van der Waals surface area contributed by atoms with Crippen molar-refractivity contribution in [2.24, 2.45) is 0 Å². The standard InChI is InChI=1S/C9H8N2O2Se/c1-5-3-7-9(14-6(2)10-7)4-8(5)11(12)13/h3-4H,1-2H3. The van der Waals surface area contributed by atoms with Crippen LogP contribution in [0.3, 0.4) is 0 Å². The molecule has 0 amide bonds. The van der Waals surface area contributed by atoms with Gasteiger partial charge in [-0.1, -0.05) is 0 Å². The number of nitro groups is 1. The molecule has 0 aliphatic carbocycles. The summed E-state index contributed by atoms with van der Waals surface area (Å²) < 4.78 is 2.10. The van der Waals surface area contributed by atoms with E-state index in [0.717, 1.165) is 14.3 Å². The first-order valence-electron chi connectivity index (χ1n) is 4.10. The van der Waals surface area contributed by atoms with Crippen LogP contribution in [0, 0.1) is 24.0 Å². The first kappa shape index (κ1) is 9.37. The molecule has 0 unspecified atom stereocenters. The van der Waals surface area contributed by atoms with Crippen LogP contribution in [0.1, 0.15) is 10.1 Å². The number of aromatic nitrogens is 1. The Labute approximate surface area is 86.5 Å². The molecule has 1 heterocycles. The van der Waals surface area contributed by atoms with Crippen molar-refractivity contribution in [2.75, 3.05) is 0 Å². The fourth-order valence-electron chi connectivity index (χ4n) is 1.38. The van der Waals surface area contributed by atoms with Gasteiger partial charge in [0.2, 0.25) is 0 Å². The SMILES string of the molecule is Cc1nc2cc(C)c([N+](=O)[O-])cc2[se]1. The average Bonchev–Trinajstić information content (AvgIpc) is 2.42. The molecule has 0 radical (unpaired) electrons. The third kappa shape index (κ3) is 1.45. The Morgan fingerprint density at radius 3 is 2.79 bits per heavy atom. The Hall–Kier alpha value is -1.19. The van der Waals surface area contributed by atoms with Crippen molar-refractivity contribution in [2.45, 2.75) is 13.8 Å². The van der Waals surface area contributed by atoms with Gasteiger partial charge in [0.1, 0.15) is 0 Å². The molecule has 1 aromatic carbocycles. The van der Waals surface area contributed by atoms with E-state index in [1.807, 2.05) is 6.92 Å². The van der Waals surface area contributed by atoms with Gasteiger partial charge < -0.3 is 0 Å². The summed E-state index contributed by atoms with van der Waals surface area (Å²) in [4.78, 5) is 14.7. The summed E-state index contributed by atoms with van der Waals surface area (Å²) in [5, 5.41) is 10.7. The summed E-state index contributed by atoms with van der Waals surface area (Å²) in [5.41, 5.74) is 1.80. The molecule has 0 spiro atoms. The molecule has 0 saturated carbocycles. The van der Waals surface area contributed by atoms with Crippen LogP contribution in [0.5, 0.6) is 0 Å². The molecule has 2 aromatic rings.